The number of carbonyl (C=O) groups excluding carboxylic acids is 1. The number of fused-ring (bicyclic) bond motifs is 1. The third-order valence-corrected chi connectivity index (χ3v) is 5.64. The molecule has 1 fully saturated rings. The minimum Gasteiger partial charge on any atom is -0.384 e. The van der Waals surface area contributed by atoms with Gasteiger partial charge in [0.25, 0.3) is 0 Å². The normalized spacial score (nSPS) is 22.5. The molecule has 1 aromatic rings. The molecule has 1 atom stereocenters. The second-order valence-corrected chi connectivity index (χ2v) is 6.81. The van der Waals surface area contributed by atoms with Crippen molar-refractivity contribution in [1.29, 1.82) is 0 Å². The van der Waals surface area contributed by atoms with Crippen LogP contribution in [-0.4, -0.2) is 30.0 Å². The molecule has 3 nitrogen and oxygen atoms in total. The summed E-state index contributed by atoms with van der Waals surface area (Å²) in [6.07, 6.45) is 5.20. The van der Waals surface area contributed by atoms with Crippen LogP contribution in [-0.2, 0) is 4.79 Å². The number of para-hydroxylation sites is 1. The molecule has 1 unspecified atom stereocenters. The maximum atomic E-state index is 12.1. The van der Waals surface area contributed by atoms with Crippen molar-refractivity contribution < 1.29 is 4.79 Å². The number of thioether (sulfide) groups is 1. The van der Waals surface area contributed by atoms with Crippen LogP contribution in [0.5, 0.6) is 0 Å². The molecule has 0 saturated heterocycles. The first-order chi connectivity index (χ1) is 9.22. The molecule has 102 valence electrons. The van der Waals surface area contributed by atoms with E-state index in [4.69, 9.17) is 0 Å². The molecule has 2 N–H and O–H groups in total. The van der Waals surface area contributed by atoms with E-state index in [1.807, 2.05) is 23.9 Å². The highest BCUT2D eigenvalue weighted by molar-refractivity contribution is 8.00. The third kappa shape index (κ3) is 2.73. The summed E-state index contributed by atoms with van der Waals surface area (Å²) in [4.78, 5) is 12.1. The molecule has 0 bridgehead atoms. The first-order valence-corrected chi connectivity index (χ1v) is 8.10. The number of amides is 1. The van der Waals surface area contributed by atoms with Gasteiger partial charge in [0, 0.05) is 35.9 Å². The fourth-order valence-corrected chi connectivity index (χ4v) is 3.41. The summed E-state index contributed by atoms with van der Waals surface area (Å²) in [5, 5.41) is 6.47. The van der Waals surface area contributed by atoms with Gasteiger partial charge in [0.2, 0.25) is 5.91 Å². The van der Waals surface area contributed by atoms with Gasteiger partial charge in [0.1, 0.15) is 0 Å². The number of nitrogens with one attached hydrogen (secondary N) is 2. The van der Waals surface area contributed by atoms with Gasteiger partial charge in [-0.3, -0.25) is 4.79 Å². The van der Waals surface area contributed by atoms with Gasteiger partial charge < -0.3 is 10.6 Å². The Morgan fingerprint density at radius 3 is 3.00 bits per heavy atom. The van der Waals surface area contributed by atoms with Crippen LogP contribution in [0.15, 0.2) is 24.3 Å². The molecule has 4 heteroatoms. The molecule has 1 saturated carbocycles. The van der Waals surface area contributed by atoms with Gasteiger partial charge in [-0.05, 0) is 30.7 Å². The first-order valence-electron chi connectivity index (χ1n) is 6.87. The van der Waals surface area contributed by atoms with Gasteiger partial charge in [-0.1, -0.05) is 18.2 Å². The second kappa shape index (κ2) is 5.08. The lowest BCUT2D eigenvalue weighted by molar-refractivity contribution is -0.121. The third-order valence-electron chi connectivity index (χ3n) is 4.22. The zero-order chi connectivity index (χ0) is 13.3. The summed E-state index contributed by atoms with van der Waals surface area (Å²) >= 11 is 1.88. The Morgan fingerprint density at radius 1 is 1.47 bits per heavy atom. The monoisotopic (exact) mass is 276 g/mol. The lowest BCUT2D eigenvalue weighted by atomic mass is 9.97. The number of carbonyl (C=O) groups is 1. The van der Waals surface area contributed by atoms with Crippen LogP contribution in [0.2, 0.25) is 0 Å². The Labute approximate surface area is 118 Å². The molecule has 3 rings (SSSR count). The van der Waals surface area contributed by atoms with Gasteiger partial charge in [-0.25, -0.2) is 0 Å². The zero-order valence-electron chi connectivity index (χ0n) is 11.2. The van der Waals surface area contributed by atoms with Gasteiger partial charge >= 0.3 is 0 Å². The Balaban J connectivity index is 1.53. The van der Waals surface area contributed by atoms with Crippen LogP contribution in [0.1, 0.15) is 30.7 Å². The van der Waals surface area contributed by atoms with Crippen molar-refractivity contribution in [1.82, 2.24) is 5.32 Å². The molecule has 0 spiro atoms. The highest BCUT2D eigenvalue weighted by atomic mass is 32.2. The van der Waals surface area contributed by atoms with Crippen LogP contribution >= 0.6 is 11.8 Å². The number of rotatable bonds is 5. The average molecular weight is 276 g/mol. The Morgan fingerprint density at radius 2 is 2.26 bits per heavy atom. The van der Waals surface area contributed by atoms with E-state index >= 15 is 0 Å². The quantitative estimate of drug-likeness (QED) is 0.868. The molecular formula is C15H20N2OS. The van der Waals surface area contributed by atoms with E-state index in [1.165, 1.54) is 24.1 Å². The van der Waals surface area contributed by atoms with Crippen molar-refractivity contribution in [2.45, 2.75) is 29.9 Å². The zero-order valence-corrected chi connectivity index (χ0v) is 12.1. The predicted octanol–water partition coefficient (Wildman–Crippen LogP) is 2.60. The van der Waals surface area contributed by atoms with E-state index in [1.54, 1.807) is 0 Å². The fourth-order valence-electron chi connectivity index (χ4n) is 2.69. The van der Waals surface area contributed by atoms with E-state index in [2.05, 4.69) is 29.0 Å². The molecule has 0 aromatic heterocycles. The van der Waals surface area contributed by atoms with Crippen LogP contribution in [0, 0.1) is 0 Å². The standard InChI is InChI=1S/C15H20N2OS/c1-19-15(6-7-15)10-17-14(18)8-11-9-16-13-5-3-2-4-12(11)13/h2-5,11,16H,6-10H2,1H3,(H,17,18). The maximum Gasteiger partial charge on any atom is 0.220 e. The van der Waals surface area contributed by atoms with Crippen molar-refractivity contribution in [2.75, 3.05) is 24.7 Å². The fraction of sp³-hybridized carbons (Fsp3) is 0.533. The van der Waals surface area contributed by atoms with Crippen molar-refractivity contribution >= 4 is 23.4 Å². The van der Waals surface area contributed by atoms with Crippen molar-refractivity contribution in [3.8, 4) is 0 Å². The van der Waals surface area contributed by atoms with Gasteiger partial charge in [-0.15, -0.1) is 0 Å². The van der Waals surface area contributed by atoms with Gasteiger partial charge in [0.05, 0.1) is 0 Å². The highest BCUT2D eigenvalue weighted by Gasteiger charge is 2.42. The van der Waals surface area contributed by atoms with E-state index < -0.39 is 0 Å². The van der Waals surface area contributed by atoms with Crippen LogP contribution in [0.4, 0.5) is 5.69 Å². The molecule has 1 aromatic carbocycles. The van der Waals surface area contributed by atoms with Crippen molar-refractivity contribution in [3.05, 3.63) is 29.8 Å². The number of anilines is 1. The Hall–Kier alpha value is -1.16. The maximum absolute atomic E-state index is 12.1. The topological polar surface area (TPSA) is 41.1 Å². The molecule has 19 heavy (non-hydrogen) atoms. The molecular weight excluding hydrogens is 256 g/mol. The van der Waals surface area contributed by atoms with E-state index in [-0.39, 0.29) is 5.91 Å². The van der Waals surface area contributed by atoms with Crippen LogP contribution in [0.25, 0.3) is 0 Å². The van der Waals surface area contributed by atoms with Crippen molar-refractivity contribution in [3.63, 3.8) is 0 Å². The molecule has 2 aliphatic rings. The molecule has 1 aliphatic carbocycles. The smallest absolute Gasteiger partial charge is 0.220 e. The molecule has 1 aliphatic heterocycles. The summed E-state index contributed by atoms with van der Waals surface area (Å²) in [5.74, 6) is 0.504. The number of benzene rings is 1. The molecule has 0 radical (unpaired) electrons. The minimum absolute atomic E-state index is 0.184. The molecule has 1 amide bonds. The molecule has 1 heterocycles. The lowest BCUT2D eigenvalue weighted by Gasteiger charge is -2.15. The summed E-state index contributed by atoms with van der Waals surface area (Å²) in [7, 11) is 0. The average Bonchev–Trinajstić information content (AvgIpc) is 3.13. The summed E-state index contributed by atoms with van der Waals surface area (Å²) in [6, 6.07) is 8.28. The van der Waals surface area contributed by atoms with E-state index in [0.29, 0.717) is 17.1 Å². The Bertz CT molecular complexity index is 485. The van der Waals surface area contributed by atoms with Crippen LogP contribution in [0.3, 0.4) is 0 Å². The van der Waals surface area contributed by atoms with Gasteiger partial charge in [0.15, 0.2) is 0 Å². The Kier molecular flexibility index (Phi) is 3.44. The predicted molar refractivity (Wildman–Crippen MR) is 80.8 cm³/mol. The number of hydrogen-bond donors (Lipinski definition) is 2. The van der Waals surface area contributed by atoms with E-state index in [9.17, 15) is 4.79 Å². The first kappa shape index (κ1) is 12.9. The SMILES string of the molecule is CSC1(CNC(=O)CC2CNc3ccccc32)CC1. The summed E-state index contributed by atoms with van der Waals surface area (Å²) in [6.45, 7) is 1.70. The lowest BCUT2D eigenvalue weighted by Crippen LogP contribution is -2.32. The highest BCUT2D eigenvalue weighted by Crippen LogP contribution is 2.46. The number of hydrogen-bond acceptors (Lipinski definition) is 3. The van der Waals surface area contributed by atoms with Crippen LogP contribution < -0.4 is 10.6 Å². The largest absolute Gasteiger partial charge is 0.384 e. The van der Waals surface area contributed by atoms with Crippen molar-refractivity contribution in [2.24, 2.45) is 0 Å². The second-order valence-electron chi connectivity index (χ2n) is 5.53. The summed E-state index contributed by atoms with van der Waals surface area (Å²) < 4.78 is 0.349. The minimum atomic E-state index is 0.184. The van der Waals surface area contributed by atoms with E-state index in [0.717, 1.165) is 13.1 Å². The van der Waals surface area contributed by atoms with Gasteiger partial charge in [-0.2, -0.15) is 11.8 Å². The summed E-state index contributed by atoms with van der Waals surface area (Å²) in [5.41, 5.74) is 2.46.